The number of benzene rings is 2. The minimum Gasteiger partial charge on any atom is -0.495 e. The highest BCUT2D eigenvalue weighted by molar-refractivity contribution is 6.05. The predicted octanol–water partition coefficient (Wildman–Crippen LogP) is 2.76. The summed E-state index contributed by atoms with van der Waals surface area (Å²) in [5.41, 5.74) is 1.01. The number of rotatable bonds is 5. The summed E-state index contributed by atoms with van der Waals surface area (Å²) in [7, 11) is 4.61. The molecule has 0 saturated heterocycles. The maximum atomic E-state index is 12.3. The lowest BCUT2D eigenvalue weighted by molar-refractivity contribution is 0.102. The molecule has 2 aromatic carbocycles. The van der Waals surface area contributed by atoms with Crippen LogP contribution in [0.5, 0.6) is 17.2 Å². The summed E-state index contributed by atoms with van der Waals surface area (Å²) in [5, 5.41) is 2.77. The average Bonchev–Trinajstić information content (AvgIpc) is 2.54. The molecule has 0 bridgehead atoms. The van der Waals surface area contributed by atoms with E-state index in [1.165, 1.54) is 7.11 Å². The summed E-state index contributed by atoms with van der Waals surface area (Å²) in [5.74, 6) is 1.37. The third-order valence-electron chi connectivity index (χ3n) is 2.94. The van der Waals surface area contributed by atoms with E-state index in [2.05, 4.69) is 11.4 Å². The largest absolute Gasteiger partial charge is 0.495 e. The Morgan fingerprint density at radius 3 is 2.38 bits per heavy atom. The minimum absolute atomic E-state index is 0.270. The van der Waals surface area contributed by atoms with Gasteiger partial charge in [-0.3, -0.25) is 4.79 Å². The van der Waals surface area contributed by atoms with E-state index in [1.807, 2.05) is 0 Å². The molecule has 2 aromatic rings. The third kappa shape index (κ3) is 3.25. The van der Waals surface area contributed by atoms with E-state index in [-0.39, 0.29) is 5.91 Å². The van der Waals surface area contributed by atoms with Crippen molar-refractivity contribution in [3.63, 3.8) is 0 Å². The SMILES string of the molecule is COc1cc[c]cc1NC(=O)c1ccc(OC)c(OC)c1. The highest BCUT2D eigenvalue weighted by Crippen LogP contribution is 2.29. The van der Waals surface area contributed by atoms with Crippen LogP contribution in [0, 0.1) is 6.07 Å². The van der Waals surface area contributed by atoms with Crippen LogP contribution in [0.2, 0.25) is 0 Å². The van der Waals surface area contributed by atoms with Crippen LogP contribution in [-0.4, -0.2) is 27.2 Å². The summed E-state index contributed by atoms with van der Waals surface area (Å²) in [6, 6.07) is 12.9. The first-order valence-corrected chi connectivity index (χ1v) is 6.27. The number of methoxy groups -OCH3 is 3. The van der Waals surface area contributed by atoms with Gasteiger partial charge >= 0.3 is 0 Å². The van der Waals surface area contributed by atoms with Crippen LogP contribution in [0.3, 0.4) is 0 Å². The smallest absolute Gasteiger partial charge is 0.255 e. The number of hydrogen-bond acceptors (Lipinski definition) is 4. The molecule has 0 fully saturated rings. The molecule has 0 atom stereocenters. The molecule has 0 heterocycles. The van der Waals surface area contributed by atoms with Gasteiger partial charge in [0.05, 0.1) is 27.0 Å². The van der Waals surface area contributed by atoms with Crippen LogP contribution in [0.25, 0.3) is 0 Å². The quantitative estimate of drug-likeness (QED) is 0.918. The first-order chi connectivity index (χ1) is 10.2. The summed E-state index contributed by atoms with van der Waals surface area (Å²) < 4.78 is 15.5. The number of nitrogens with one attached hydrogen (secondary N) is 1. The summed E-state index contributed by atoms with van der Waals surface area (Å²) >= 11 is 0. The Kier molecular flexibility index (Phi) is 4.66. The monoisotopic (exact) mass is 286 g/mol. The van der Waals surface area contributed by atoms with Crippen molar-refractivity contribution in [1.82, 2.24) is 0 Å². The molecule has 21 heavy (non-hydrogen) atoms. The number of carbonyl (C=O) groups excluding carboxylic acids is 1. The Morgan fingerprint density at radius 2 is 1.71 bits per heavy atom. The number of ether oxygens (including phenoxy) is 3. The second-order valence-corrected chi connectivity index (χ2v) is 4.15. The minimum atomic E-state index is -0.270. The van der Waals surface area contributed by atoms with Gasteiger partial charge in [-0.2, -0.15) is 0 Å². The van der Waals surface area contributed by atoms with E-state index in [0.717, 1.165) is 0 Å². The van der Waals surface area contributed by atoms with Crippen LogP contribution >= 0.6 is 0 Å². The van der Waals surface area contributed by atoms with Crippen molar-refractivity contribution < 1.29 is 19.0 Å². The molecule has 1 radical (unpaired) electrons. The second kappa shape index (κ2) is 6.65. The van der Waals surface area contributed by atoms with Crippen LogP contribution in [-0.2, 0) is 0 Å². The van der Waals surface area contributed by atoms with Crippen molar-refractivity contribution in [3.05, 3.63) is 48.0 Å². The van der Waals surface area contributed by atoms with E-state index in [0.29, 0.717) is 28.5 Å². The van der Waals surface area contributed by atoms with E-state index < -0.39 is 0 Å². The van der Waals surface area contributed by atoms with Crippen LogP contribution in [0.1, 0.15) is 10.4 Å². The Labute approximate surface area is 123 Å². The lowest BCUT2D eigenvalue weighted by Crippen LogP contribution is -2.12. The fourth-order valence-electron chi connectivity index (χ4n) is 1.86. The van der Waals surface area contributed by atoms with Crippen molar-refractivity contribution in [2.45, 2.75) is 0 Å². The number of amides is 1. The third-order valence-corrected chi connectivity index (χ3v) is 2.94. The molecule has 5 nitrogen and oxygen atoms in total. The second-order valence-electron chi connectivity index (χ2n) is 4.15. The summed E-state index contributed by atoms with van der Waals surface area (Å²) in [6.07, 6.45) is 0. The molecule has 1 N–H and O–H groups in total. The van der Waals surface area contributed by atoms with Gasteiger partial charge in [-0.1, -0.05) is 6.07 Å². The fraction of sp³-hybridized carbons (Fsp3) is 0.188. The van der Waals surface area contributed by atoms with Crippen LogP contribution in [0.15, 0.2) is 36.4 Å². The highest BCUT2D eigenvalue weighted by Gasteiger charge is 2.12. The van der Waals surface area contributed by atoms with Gasteiger partial charge in [-0.25, -0.2) is 0 Å². The van der Waals surface area contributed by atoms with Gasteiger partial charge in [0.25, 0.3) is 5.91 Å². The molecule has 2 rings (SSSR count). The average molecular weight is 286 g/mol. The molecule has 109 valence electrons. The zero-order valence-electron chi connectivity index (χ0n) is 12.1. The zero-order chi connectivity index (χ0) is 15.2. The standard InChI is InChI=1S/C16H16NO4/c1-19-13-7-5-4-6-12(13)17-16(18)11-8-9-14(20-2)15(10-11)21-3/h5-10H,1-3H3,(H,17,18). The van der Waals surface area contributed by atoms with Gasteiger partial charge < -0.3 is 19.5 Å². The molecule has 0 spiro atoms. The Bertz CT molecular complexity index is 640. The lowest BCUT2D eigenvalue weighted by Gasteiger charge is -2.11. The summed E-state index contributed by atoms with van der Waals surface area (Å²) in [4.78, 5) is 12.3. The van der Waals surface area contributed by atoms with Crippen molar-refractivity contribution in [2.24, 2.45) is 0 Å². The maximum absolute atomic E-state index is 12.3. The number of anilines is 1. The van der Waals surface area contributed by atoms with Crippen molar-refractivity contribution in [2.75, 3.05) is 26.6 Å². The zero-order valence-corrected chi connectivity index (χ0v) is 12.1. The Morgan fingerprint density at radius 1 is 1.00 bits per heavy atom. The molecule has 0 saturated carbocycles. The van der Waals surface area contributed by atoms with E-state index in [1.54, 1.807) is 50.6 Å². The van der Waals surface area contributed by atoms with Crippen LogP contribution in [0.4, 0.5) is 5.69 Å². The van der Waals surface area contributed by atoms with E-state index in [9.17, 15) is 4.79 Å². The molecule has 0 unspecified atom stereocenters. The van der Waals surface area contributed by atoms with E-state index in [4.69, 9.17) is 14.2 Å². The van der Waals surface area contributed by atoms with Gasteiger partial charge in [-0.05, 0) is 36.4 Å². The lowest BCUT2D eigenvalue weighted by atomic mass is 10.1. The van der Waals surface area contributed by atoms with Crippen molar-refractivity contribution >= 4 is 11.6 Å². The van der Waals surface area contributed by atoms with Gasteiger partial charge in [0.2, 0.25) is 0 Å². The predicted molar refractivity (Wildman–Crippen MR) is 79.3 cm³/mol. The molecular formula is C16H16NO4. The van der Waals surface area contributed by atoms with Gasteiger partial charge in [-0.15, -0.1) is 0 Å². The van der Waals surface area contributed by atoms with Crippen LogP contribution < -0.4 is 19.5 Å². The molecular weight excluding hydrogens is 270 g/mol. The molecule has 5 heteroatoms. The maximum Gasteiger partial charge on any atom is 0.255 e. The molecule has 1 amide bonds. The van der Waals surface area contributed by atoms with Gasteiger partial charge in [0.1, 0.15) is 5.75 Å². The normalized spacial score (nSPS) is 9.86. The molecule has 0 aromatic heterocycles. The summed E-state index contributed by atoms with van der Waals surface area (Å²) in [6.45, 7) is 0. The highest BCUT2D eigenvalue weighted by atomic mass is 16.5. The van der Waals surface area contributed by atoms with E-state index >= 15 is 0 Å². The Balaban J connectivity index is 2.24. The first-order valence-electron chi connectivity index (χ1n) is 6.27. The fourth-order valence-corrected chi connectivity index (χ4v) is 1.86. The topological polar surface area (TPSA) is 56.8 Å². The van der Waals surface area contributed by atoms with Gasteiger partial charge in [0.15, 0.2) is 11.5 Å². The van der Waals surface area contributed by atoms with Crippen molar-refractivity contribution in [1.29, 1.82) is 0 Å². The molecule has 0 aliphatic carbocycles. The van der Waals surface area contributed by atoms with Crippen molar-refractivity contribution in [3.8, 4) is 17.2 Å². The number of hydrogen-bond donors (Lipinski definition) is 1. The Hall–Kier alpha value is -2.69. The molecule has 0 aliphatic heterocycles. The number of carbonyl (C=O) groups is 1. The molecule has 0 aliphatic rings. The first kappa shape index (κ1) is 14.7. The van der Waals surface area contributed by atoms with Gasteiger partial charge in [0, 0.05) is 5.56 Å².